The fourth-order valence-corrected chi connectivity index (χ4v) is 5.77. The maximum Gasteiger partial charge on any atom is 0.264 e. The van der Waals surface area contributed by atoms with Gasteiger partial charge >= 0.3 is 0 Å². The van der Waals surface area contributed by atoms with Crippen molar-refractivity contribution in [2.45, 2.75) is 18.7 Å². The molecule has 0 saturated carbocycles. The molecule has 2 amide bonds. The number of rotatable bonds is 11. The van der Waals surface area contributed by atoms with Crippen LogP contribution in [0.4, 0.5) is 11.4 Å². The standard InChI is InChI=1S/C32H31ClN4O6S/c1-21-11-14-28(15-12-21)44(40,41)37(27-13-16-29(42-3)30(19-27)43-4)20-31(38)36-35-22(2)23-7-6-10-26(18-23)34-32(39)24-8-5-9-25(33)17-24/h5-19H,20H2,1-4H3,(H,34,39)(H,36,38). The van der Waals surface area contributed by atoms with Gasteiger partial charge in [-0.2, -0.15) is 5.10 Å². The van der Waals surface area contributed by atoms with Crippen LogP contribution in [0, 0.1) is 6.92 Å². The van der Waals surface area contributed by atoms with E-state index < -0.39 is 22.5 Å². The van der Waals surface area contributed by atoms with Gasteiger partial charge in [-0.3, -0.25) is 13.9 Å². The third-order valence-electron chi connectivity index (χ3n) is 6.52. The average molecular weight is 635 g/mol. The highest BCUT2D eigenvalue weighted by atomic mass is 35.5. The number of carbonyl (C=O) groups excluding carboxylic acids is 2. The zero-order chi connectivity index (χ0) is 31.9. The van der Waals surface area contributed by atoms with Gasteiger partial charge in [-0.15, -0.1) is 0 Å². The summed E-state index contributed by atoms with van der Waals surface area (Å²) in [4.78, 5) is 25.8. The zero-order valence-corrected chi connectivity index (χ0v) is 26.1. The Morgan fingerprint density at radius 2 is 1.55 bits per heavy atom. The molecule has 0 aliphatic heterocycles. The van der Waals surface area contributed by atoms with E-state index in [9.17, 15) is 18.0 Å². The number of sulfonamides is 1. The summed E-state index contributed by atoms with van der Waals surface area (Å²) in [7, 11) is -1.26. The zero-order valence-electron chi connectivity index (χ0n) is 24.5. The first-order chi connectivity index (χ1) is 21.0. The van der Waals surface area contributed by atoms with E-state index in [-0.39, 0.29) is 16.5 Å². The molecule has 0 radical (unpaired) electrons. The Kier molecular flexibility index (Phi) is 10.2. The van der Waals surface area contributed by atoms with E-state index in [1.54, 1.807) is 73.7 Å². The van der Waals surface area contributed by atoms with Crippen LogP contribution >= 0.6 is 11.6 Å². The average Bonchev–Trinajstić information content (AvgIpc) is 3.02. The Bertz CT molecular complexity index is 1810. The molecule has 0 unspecified atom stereocenters. The van der Waals surface area contributed by atoms with Crippen LogP contribution in [-0.2, 0) is 14.8 Å². The maximum absolute atomic E-state index is 13.7. The Balaban J connectivity index is 1.55. The molecule has 0 bridgehead atoms. The number of nitrogens with zero attached hydrogens (tertiary/aromatic N) is 2. The molecule has 0 heterocycles. The van der Waals surface area contributed by atoms with Crippen LogP contribution in [0.3, 0.4) is 0 Å². The monoisotopic (exact) mass is 634 g/mol. The van der Waals surface area contributed by atoms with Crippen molar-refractivity contribution >= 4 is 50.5 Å². The largest absolute Gasteiger partial charge is 0.493 e. The van der Waals surface area contributed by atoms with Crippen molar-refractivity contribution < 1.29 is 27.5 Å². The number of aryl methyl sites for hydroxylation is 1. The van der Waals surface area contributed by atoms with Gasteiger partial charge in [-0.1, -0.05) is 47.5 Å². The van der Waals surface area contributed by atoms with Gasteiger partial charge in [0.15, 0.2) is 11.5 Å². The number of nitrogens with one attached hydrogen (secondary N) is 2. The van der Waals surface area contributed by atoms with Crippen LogP contribution in [0.15, 0.2) is 101 Å². The molecule has 0 atom stereocenters. The highest BCUT2D eigenvalue weighted by Gasteiger charge is 2.28. The van der Waals surface area contributed by atoms with Gasteiger partial charge in [0.25, 0.3) is 21.8 Å². The lowest BCUT2D eigenvalue weighted by Gasteiger charge is -2.24. The fourth-order valence-electron chi connectivity index (χ4n) is 4.16. The molecule has 0 fully saturated rings. The van der Waals surface area contributed by atoms with Gasteiger partial charge in [0, 0.05) is 22.3 Å². The fraction of sp³-hybridized carbons (Fsp3) is 0.156. The highest BCUT2D eigenvalue weighted by Crippen LogP contribution is 2.33. The third-order valence-corrected chi connectivity index (χ3v) is 8.55. The van der Waals surface area contributed by atoms with E-state index in [1.807, 2.05) is 6.92 Å². The van der Waals surface area contributed by atoms with Gasteiger partial charge < -0.3 is 14.8 Å². The van der Waals surface area contributed by atoms with Crippen molar-refractivity contribution in [3.8, 4) is 11.5 Å². The molecule has 44 heavy (non-hydrogen) atoms. The molecular weight excluding hydrogens is 604 g/mol. The molecule has 4 aromatic carbocycles. The summed E-state index contributed by atoms with van der Waals surface area (Å²) in [6.45, 7) is 2.95. The molecular formula is C32H31ClN4O6S. The first kappa shape index (κ1) is 32.1. The molecule has 0 spiro atoms. The number of hydrogen-bond acceptors (Lipinski definition) is 7. The molecule has 4 aromatic rings. The summed E-state index contributed by atoms with van der Waals surface area (Å²) in [5.74, 6) is -0.317. The van der Waals surface area contributed by atoms with Gasteiger partial charge in [0.1, 0.15) is 6.54 Å². The quantitative estimate of drug-likeness (QED) is 0.162. The lowest BCUT2D eigenvalue weighted by molar-refractivity contribution is -0.119. The van der Waals surface area contributed by atoms with E-state index >= 15 is 0 Å². The predicted octanol–water partition coefficient (Wildman–Crippen LogP) is 5.65. The normalized spacial score (nSPS) is 11.4. The van der Waals surface area contributed by atoms with Crippen LogP contribution in [0.2, 0.25) is 5.02 Å². The minimum absolute atomic E-state index is 0.0157. The van der Waals surface area contributed by atoms with Gasteiger partial charge in [-0.05, 0) is 74.0 Å². The second kappa shape index (κ2) is 14.1. The number of methoxy groups -OCH3 is 2. The lowest BCUT2D eigenvalue weighted by atomic mass is 10.1. The minimum atomic E-state index is -4.16. The molecule has 10 nitrogen and oxygen atoms in total. The third kappa shape index (κ3) is 7.74. The highest BCUT2D eigenvalue weighted by molar-refractivity contribution is 7.92. The van der Waals surface area contributed by atoms with E-state index in [0.29, 0.717) is 39.0 Å². The van der Waals surface area contributed by atoms with Crippen LogP contribution in [0.25, 0.3) is 0 Å². The van der Waals surface area contributed by atoms with Crippen molar-refractivity contribution in [2.75, 3.05) is 30.4 Å². The first-order valence-electron chi connectivity index (χ1n) is 13.3. The second-order valence-electron chi connectivity index (χ2n) is 9.64. The Hall–Kier alpha value is -4.87. The summed E-state index contributed by atoms with van der Waals surface area (Å²) in [6.07, 6.45) is 0. The first-order valence-corrected chi connectivity index (χ1v) is 15.2. The number of amides is 2. The van der Waals surface area contributed by atoms with E-state index in [4.69, 9.17) is 21.1 Å². The summed E-state index contributed by atoms with van der Waals surface area (Å²) in [5.41, 5.74) is 5.49. The molecule has 0 aliphatic rings. The van der Waals surface area contributed by atoms with Gasteiger partial charge in [0.05, 0.1) is 30.5 Å². The molecule has 12 heteroatoms. The molecule has 0 saturated heterocycles. The van der Waals surface area contributed by atoms with Crippen molar-refractivity contribution in [1.82, 2.24) is 5.43 Å². The van der Waals surface area contributed by atoms with Gasteiger partial charge in [0.2, 0.25) is 0 Å². The van der Waals surface area contributed by atoms with Crippen molar-refractivity contribution in [2.24, 2.45) is 5.10 Å². The smallest absolute Gasteiger partial charge is 0.264 e. The molecule has 0 aliphatic carbocycles. The predicted molar refractivity (Wildman–Crippen MR) is 171 cm³/mol. The second-order valence-corrected chi connectivity index (χ2v) is 11.9. The van der Waals surface area contributed by atoms with Gasteiger partial charge in [-0.25, -0.2) is 13.8 Å². The topological polar surface area (TPSA) is 126 Å². The lowest BCUT2D eigenvalue weighted by Crippen LogP contribution is -2.39. The summed E-state index contributed by atoms with van der Waals surface area (Å²) in [6, 6.07) is 24.4. The van der Waals surface area contributed by atoms with Crippen LogP contribution in [0.5, 0.6) is 11.5 Å². The van der Waals surface area contributed by atoms with Crippen molar-refractivity contribution in [1.29, 1.82) is 0 Å². The molecule has 2 N–H and O–H groups in total. The summed E-state index contributed by atoms with van der Waals surface area (Å²) in [5, 5.41) is 7.44. The Morgan fingerprint density at radius 3 is 2.23 bits per heavy atom. The Morgan fingerprint density at radius 1 is 0.864 bits per heavy atom. The van der Waals surface area contributed by atoms with Crippen LogP contribution in [-0.4, -0.2) is 46.7 Å². The van der Waals surface area contributed by atoms with E-state index in [2.05, 4.69) is 15.8 Å². The number of hydrogen-bond donors (Lipinski definition) is 2. The minimum Gasteiger partial charge on any atom is -0.493 e. The molecule has 4 rings (SSSR count). The van der Waals surface area contributed by atoms with Crippen LogP contribution in [0.1, 0.15) is 28.4 Å². The number of ether oxygens (including phenoxy) is 2. The number of halogens is 1. The Labute approximate surface area is 261 Å². The van der Waals surface area contributed by atoms with E-state index in [1.165, 1.54) is 38.5 Å². The number of anilines is 2. The summed E-state index contributed by atoms with van der Waals surface area (Å²) >= 11 is 6.00. The number of benzene rings is 4. The SMILES string of the molecule is COc1ccc(N(CC(=O)NN=C(C)c2cccc(NC(=O)c3cccc(Cl)c3)c2)S(=O)(=O)c2ccc(C)cc2)cc1OC. The number of hydrazone groups is 1. The number of carbonyl (C=O) groups is 2. The maximum atomic E-state index is 13.7. The van der Waals surface area contributed by atoms with Crippen LogP contribution < -0.4 is 24.5 Å². The summed E-state index contributed by atoms with van der Waals surface area (Å²) < 4.78 is 39.1. The van der Waals surface area contributed by atoms with Crippen molar-refractivity contribution in [3.63, 3.8) is 0 Å². The van der Waals surface area contributed by atoms with Crippen molar-refractivity contribution in [3.05, 3.63) is 113 Å². The molecule has 228 valence electrons. The molecule has 0 aromatic heterocycles. The van der Waals surface area contributed by atoms with E-state index in [0.717, 1.165) is 9.87 Å².